The third kappa shape index (κ3) is 12.5. The van der Waals surface area contributed by atoms with E-state index in [1.807, 2.05) is 0 Å². The quantitative estimate of drug-likeness (QED) is 0.0718. The van der Waals surface area contributed by atoms with Gasteiger partial charge in [0.1, 0.15) is 18.3 Å². The minimum Gasteiger partial charge on any atom is -0.465 e. The molecule has 0 amide bonds. The van der Waals surface area contributed by atoms with Gasteiger partial charge in [-0.1, -0.05) is 18.2 Å². The lowest BCUT2D eigenvalue weighted by Crippen LogP contribution is -2.58. The molecular formula is C24H36N6O6S6. The molecule has 234 valence electrons. The first-order chi connectivity index (χ1) is 20.1. The zero-order chi connectivity index (χ0) is 31.7. The van der Waals surface area contributed by atoms with E-state index in [0.717, 1.165) is 13.7 Å². The summed E-state index contributed by atoms with van der Waals surface area (Å²) in [5, 5.41) is 8.52. The van der Waals surface area contributed by atoms with Crippen LogP contribution < -0.4 is 33.0 Å². The van der Waals surface area contributed by atoms with Crippen molar-refractivity contribution in [3.05, 3.63) is 69.4 Å². The molecule has 0 saturated heterocycles. The number of thiol groups is 3. The van der Waals surface area contributed by atoms with Crippen molar-refractivity contribution >= 4 is 90.1 Å². The Morgan fingerprint density at radius 2 is 0.857 bits per heavy atom. The average Bonchev–Trinajstić information content (AvgIpc) is 2.98. The Labute approximate surface area is 276 Å². The molecule has 1 aromatic rings. The molecule has 0 aliphatic carbocycles. The van der Waals surface area contributed by atoms with E-state index in [9.17, 15) is 14.4 Å². The van der Waals surface area contributed by atoms with Crippen LogP contribution in [0.25, 0.3) is 0 Å². The molecule has 12 nitrogen and oxygen atoms in total. The number of hydrogen-bond donors (Lipinski definition) is 6. The van der Waals surface area contributed by atoms with Crippen LogP contribution in [0, 0.1) is 0 Å². The van der Waals surface area contributed by atoms with Crippen molar-refractivity contribution in [1.29, 1.82) is 0 Å². The van der Waals surface area contributed by atoms with Crippen LogP contribution >= 0.6 is 74.5 Å². The standard InChI is InChI=1S/C24H36N6O6S6/c1-4-7-25-19(40)34-16(13-37)10-28-22(31)29(11-17(14-38)35-20(41)26-8-5-2)24(33)30(23(28)32)12-18(15-39)36-21(42)27-9-6-3/h4-6,16-18,37-39H,1-3,7-15H2,(H,25,40)(H,26,41)(H,27,42). The summed E-state index contributed by atoms with van der Waals surface area (Å²) < 4.78 is 19.6. The highest BCUT2D eigenvalue weighted by Gasteiger charge is 2.24. The monoisotopic (exact) mass is 696 g/mol. The number of ether oxygens (including phenoxy) is 3. The summed E-state index contributed by atoms with van der Waals surface area (Å²) in [7, 11) is 0. The van der Waals surface area contributed by atoms with Crippen LogP contribution in [-0.2, 0) is 33.8 Å². The van der Waals surface area contributed by atoms with Crippen molar-refractivity contribution in [3.8, 4) is 0 Å². The van der Waals surface area contributed by atoms with Gasteiger partial charge in [0.25, 0.3) is 15.5 Å². The van der Waals surface area contributed by atoms with E-state index in [-0.39, 0.29) is 52.4 Å². The minimum atomic E-state index is -0.895. The van der Waals surface area contributed by atoms with Gasteiger partial charge in [0.15, 0.2) is 0 Å². The van der Waals surface area contributed by atoms with E-state index in [1.165, 1.54) is 0 Å². The van der Waals surface area contributed by atoms with Gasteiger partial charge in [0.05, 0.1) is 19.6 Å². The third-order valence-corrected chi connectivity index (χ3v) is 7.09. The molecule has 3 atom stereocenters. The Bertz CT molecular complexity index is 1100. The highest BCUT2D eigenvalue weighted by molar-refractivity contribution is 7.81. The number of aromatic nitrogens is 3. The lowest BCUT2D eigenvalue weighted by molar-refractivity contribution is 0.160. The molecule has 42 heavy (non-hydrogen) atoms. The molecule has 0 aliphatic rings. The second kappa shape index (κ2) is 20.6. The van der Waals surface area contributed by atoms with Gasteiger partial charge >= 0.3 is 17.1 Å². The Morgan fingerprint density at radius 1 is 0.619 bits per heavy atom. The summed E-state index contributed by atoms with van der Waals surface area (Å²) in [6.07, 6.45) is 2.35. The van der Waals surface area contributed by atoms with Crippen molar-refractivity contribution in [2.75, 3.05) is 36.9 Å². The molecule has 0 aromatic carbocycles. The van der Waals surface area contributed by atoms with Crippen LogP contribution in [0.4, 0.5) is 0 Å². The summed E-state index contributed by atoms with van der Waals surface area (Å²) in [5.41, 5.74) is -2.68. The van der Waals surface area contributed by atoms with Gasteiger partial charge in [0.2, 0.25) is 0 Å². The maximum atomic E-state index is 13.6. The van der Waals surface area contributed by atoms with Crippen molar-refractivity contribution in [2.45, 2.75) is 37.9 Å². The molecule has 0 fully saturated rings. The van der Waals surface area contributed by atoms with Crippen LogP contribution in [0.5, 0.6) is 0 Å². The molecule has 0 bridgehead atoms. The zero-order valence-corrected chi connectivity index (χ0v) is 27.9. The van der Waals surface area contributed by atoms with Crippen LogP contribution in [0.15, 0.2) is 52.3 Å². The van der Waals surface area contributed by atoms with Crippen molar-refractivity contribution in [3.63, 3.8) is 0 Å². The molecule has 0 saturated carbocycles. The largest absolute Gasteiger partial charge is 0.465 e. The van der Waals surface area contributed by atoms with E-state index in [1.54, 1.807) is 18.2 Å². The van der Waals surface area contributed by atoms with Crippen molar-refractivity contribution in [2.24, 2.45) is 0 Å². The van der Waals surface area contributed by atoms with Crippen molar-refractivity contribution < 1.29 is 14.2 Å². The Morgan fingerprint density at radius 3 is 1.05 bits per heavy atom. The first kappa shape index (κ1) is 37.8. The predicted octanol–water partition coefficient (Wildman–Crippen LogP) is 0.298. The molecule has 3 unspecified atom stereocenters. The van der Waals surface area contributed by atoms with Gasteiger partial charge in [-0.2, -0.15) is 37.9 Å². The Balaban J connectivity index is 3.56. The van der Waals surface area contributed by atoms with E-state index in [0.29, 0.717) is 19.6 Å². The number of hydrogen-bond acceptors (Lipinski definition) is 12. The molecule has 1 aromatic heterocycles. The molecular weight excluding hydrogens is 661 g/mol. The van der Waals surface area contributed by atoms with Crippen LogP contribution in [0.3, 0.4) is 0 Å². The van der Waals surface area contributed by atoms with Gasteiger partial charge in [-0.25, -0.2) is 28.1 Å². The zero-order valence-electron chi connectivity index (χ0n) is 22.8. The summed E-state index contributed by atoms with van der Waals surface area (Å²) in [6.45, 7) is 11.0. The smallest absolute Gasteiger partial charge is 0.336 e. The van der Waals surface area contributed by atoms with Crippen molar-refractivity contribution in [1.82, 2.24) is 29.7 Å². The molecule has 18 heteroatoms. The predicted molar refractivity (Wildman–Crippen MR) is 188 cm³/mol. The number of nitrogens with zero attached hydrogens (tertiary/aromatic N) is 3. The van der Waals surface area contributed by atoms with Gasteiger partial charge < -0.3 is 30.2 Å². The van der Waals surface area contributed by atoms with E-state index in [4.69, 9.17) is 50.9 Å². The van der Waals surface area contributed by atoms with Gasteiger partial charge in [-0.15, -0.1) is 19.7 Å². The molecule has 0 aliphatic heterocycles. The summed E-state index contributed by atoms with van der Waals surface area (Å²) in [6, 6.07) is 0. The SMILES string of the molecule is C=CCNC(=S)OC(CS)Cn1c(=O)n(CC(CS)OC(=S)NCC=C)c(=O)n(CC(CS)OC(=S)NCC=C)c1=O. The summed E-state index contributed by atoms with van der Waals surface area (Å²) in [4.78, 5) is 40.7. The number of rotatable bonds is 18. The molecule has 3 N–H and O–H groups in total. The topological polar surface area (TPSA) is 130 Å². The normalized spacial score (nSPS) is 12.6. The van der Waals surface area contributed by atoms with Crippen LogP contribution in [0.1, 0.15) is 0 Å². The fourth-order valence-electron chi connectivity index (χ4n) is 3.20. The molecule has 0 radical (unpaired) electrons. The molecule has 1 heterocycles. The fourth-order valence-corrected chi connectivity index (χ4v) is 4.43. The van der Waals surface area contributed by atoms with Gasteiger partial charge in [0, 0.05) is 36.9 Å². The maximum Gasteiger partial charge on any atom is 0.336 e. The lowest BCUT2D eigenvalue weighted by atomic mass is 10.3. The third-order valence-electron chi connectivity index (χ3n) is 5.15. The fraction of sp³-hybridized carbons (Fsp3) is 0.500. The average molecular weight is 697 g/mol. The highest BCUT2D eigenvalue weighted by atomic mass is 32.1. The molecule has 0 spiro atoms. The Hall–Kier alpha value is -2.25. The lowest BCUT2D eigenvalue weighted by Gasteiger charge is -2.23. The van der Waals surface area contributed by atoms with E-state index >= 15 is 0 Å². The molecule has 1 rings (SSSR count). The highest BCUT2D eigenvalue weighted by Crippen LogP contribution is 2.03. The summed E-state index contributed by atoms with van der Waals surface area (Å²) in [5.74, 6) is 0.286. The first-order valence-corrected chi connectivity index (χ1v) is 15.6. The van der Waals surface area contributed by atoms with Crippen LogP contribution in [-0.4, -0.2) is 84.4 Å². The maximum absolute atomic E-state index is 13.6. The minimum absolute atomic E-state index is 0.0313. The number of nitrogens with one attached hydrogen (secondary N) is 3. The van der Waals surface area contributed by atoms with Crippen LogP contribution in [0.2, 0.25) is 0 Å². The second-order valence-corrected chi connectivity index (χ2v) is 10.5. The first-order valence-electron chi connectivity index (χ1n) is 12.5. The summed E-state index contributed by atoms with van der Waals surface area (Å²) >= 11 is 28.3. The van der Waals surface area contributed by atoms with E-state index < -0.39 is 35.4 Å². The van der Waals surface area contributed by atoms with Gasteiger partial charge in [-0.05, 0) is 36.7 Å². The second-order valence-electron chi connectivity index (χ2n) is 8.32. The van der Waals surface area contributed by atoms with E-state index in [2.05, 4.69) is 73.6 Å². The Kier molecular flexibility index (Phi) is 18.5. The van der Waals surface area contributed by atoms with Gasteiger partial charge in [-0.3, -0.25) is 0 Å². The number of thiocarbonyl (C=S) groups is 3.